The van der Waals surface area contributed by atoms with Crippen LogP contribution in [0, 0.1) is 17.8 Å². The third kappa shape index (κ3) is 3.81. The van der Waals surface area contributed by atoms with Crippen molar-refractivity contribution in [1.29, 1.82) is 0 Å². The lowest BCUT2D eigenvalue weighted by atomic mass is 9.48. The van der Waals surface area contributed by atoms with Crippen LogP contribution in [-0.2, 0) is 10.8 Å². The van der Waals surface area contributed by atoms with E-state index in [-0.39, 0.29) is 5.41 Å². The molecule has 4 fully saturated rings. The molecule has 0 radical (unpaired) electrons. The Morgan fingerprint density at radius 3 is 1.89 bits per heavy atom. The highest BCUT2D eigenvalue weighted by molar-refractivity contribution is 6.10. The topological polar surface area (TPSA) is 22.8 Å². The lowest BCUT2D eigenvalue weighted by molar-refractivity contribution is -0.00513. The van der Waals surface area contributed by atoms with Crippen molar-refractivity contribution < 1.29 is 0 Å². The minimum absolute atomic E-state index is 0.0901. The number of para-hydroxylation sites is 2. The summed E-state index contributed by atoms with van der Waals surface area (Å²) < 4.78 is 4.86. The van der Waals surface area contributed by atoms with Crippen molar-refractivity contribution in [2.24, 2.45) is 17.8 Å². The number of benzene rings is 4. The minimum Gasteiger partial charge on any atom is -0.309 e. The molecule has 0 aliphatic heterocycles. The summed E-state index contributed by atoms with van der Waals surface area (Å²) in [5, 5.41) is 5.22. The highest BCUT2D eigenvalue weighted by atomic mass is 15.1. The Morgan fingerprint density at radius 2 is 1.20 bits per heavy atom. The van der Waals surface area contributed by atoms with Crippen molar-refractivity contribution in [3.8, 4) is 11.5 Å². The van der Waals surface area contributed by atoms with Crippen molar-refractivity contribution >= 4 is 43.6 Å². The summed E-state index contributed by atoms with van der Waals surface area (Å²) in [5.41, 5.74) is 9.49. The van der Waals surface area contributed by atoms with Gasteiger partial charge in [0.15, 0.2) is 0 Å². The first kappa shape index (κ1) is 26.8. The third-order valence-corrected chi connectivity index (χ3v) is 12.1. The fraction of sp³-hybridized carbons (Fsp3) is 0.326. The molecule has 3 nitrogen and oxygen atoms in total. The Hall–Kier alpha value is -4.37. The lowest BCUT2D eigenvalue weighted by Crippen LogP contribution is -2.48. The number of fused-ring (bicyclic) bond motifs is 6. The number of pyridine rings is 1. The van der Waals surface area contributed by atoms with Crippen LogP contribution in [0.5, 0.6) is 0 Å². The fourth-order valence-corrected chi connectivity index (χ4v) is 10.4. The van der Waals surface area contributed by atoms with Crippen LogP contribution in [0.1, 0.15) is 70.4 Å². The summed E-state index contributed by atoms with van der Waals surface area (Å²) in [6.07, 6.45) is 10.5. The van der Waals surface area contributed by atoms with Gasteiger partial charge in [0.05, 0.1) is 27.8 Å². The number of rotatable bonds is 3. The fourth-order valence-electron chi connectivity index (χ4n) is 10.4. The molecule has 4 aromatic carbocycles. The zero-order valence-electron chi connectivity index (χ0n) is 27.1. The molecule has 4 aliphatic carbocycles. The van der Waals surface area contributed by atoms with E-state index in [1.165, 1.54) is 87.7 Å². The second-order valence-electron chi connectivity index (χ2n) is 16.0. The maximum absolute atomic E-state index is 5.07. The van der Waals surface area contributed by atoms with Crippen LogP contribution in [0.25, 0.3) is 55.1 Å². The molecule has 4 saturated carbocycles. The highest BCUT2D eigenvalue weighted by Crippen LogP contribution is 2.61. The average Bonchev–Trinajstić information content (AvgIpc) is 3.56. The molecular weight excluding hydrogens is 558 g/mol. The molecule has 4 bridgehead atoms. The molecule has 0 N–H and O–H groups in total. The summed E-state index contributed by atoms with van der Waals surface area (Å²) in [6.45, 7) is 6.88. The summed E-state index contributed by atoms with van der Waals surface area (Å²) in [5.74, 6) is 3.76. The van der Waals surface area contributed by atoms with Crippen LogP contribution >= 0.6 is 0 Å². The number of hydrogen-bond acceptors (Lipinski definition) is 1. The van der Waals surface area contributed by atoms with E-state index in [4.69, 9.17) is 4.98 Å². The predicted molar refractivity (Wildman–Crippen MR) is 191 cm³/mol. The van der Waals surface area contributed by atoms with Gasteiger partial charge in [0.1, 0.15) is 5.82 Å². The van der Waals surface area contributed by atoms with Crippen LogP contribution in [0.3, 0.4) is 0 Å². The average molecular weight is 600 g/mol. The second-order valence-corrected chi connectivity index (χ2v) is 16.0. The van der Waals surface area contributed by atoms with Gasteiger partial charge in [-0.05, 0) is 115 Å². The van der Waals surface area contributed by atoms with E-state index >= 15 is 0 Å². The van der Waals surface area contributed by atoms with Crippen LogP contribution in [0.15, 0.2) is 103 Å². The quantitative estimate of drug-likeness (QED) is 0.198. The monoisotopic (exact) mass is 599 g/mol. The molecule has 11 rings (SSSR count). The van der Waals surface area contributed by atoms with E-state index in [1.807, 2.05) is 6.20 Å². The van der Waals surface area contributed by atoms with E-state index < -0.39 is 0 Å². The molecule has 0 spiro atoms. The highest BCUT2D eigenvalue weighted by Gasteiger charge is 2.51. The van der Waals surface area contributed by atoms with E-state index in [9.17, 15) is 0 Å². The molecule has 0 atom stereocenters. The molecule has 7 aromatic rings. The smallest absolute Gasteiger partial charge is 0.139 e. The van der Waals surface area contributed by atoms with E-state index in [2.05, 4.69) is 127 Å². The first-order valence-electron chi connectivity index (χ1n) is 17.4. The van der Waals surface area contributed by atoms with Crippen molar-refractivity contribution in [2.75, 3.05) is 0 Å². The lowest BCUT2D eigenvalue weighted by Gasteiger charge is -2.57. The maximum atomic E-state index is 5.07. The van der Waals surface area contributed by atoms with E-state index in [0.717, 1.165) is 29.3 Å². The Bertz CT molecular complexity index is 2310. The zero-order valence-corrected chi connectivity index (χ0v) is 27.1. The molecule has 3 heteroatoms. The Morgan fingerprint density at radius 1 is 0.587 bits per heavy atom. The molecule has 46 heavy (non-hydrogen) atoms. The van der Waals surface area contributed by atoms with Gasteiger partial charge in [0.25, 0.3) is 0 Å². The summed E-state index contributed by atoms with van der Waals surface area (Å²) in [7, 11) is 0. The van der Waals surface area contributed by atoms with Gasteiger partial charge in [-0.2, -0.15) is 0 Å². The van der Waals surface area contributed by atoms with Gasteiger partial charge < -0.3 is 4.57 Å². The van der Waals surface area contributed by atoms with Gasteiger partial charge in [0.2, 0.25) is 0 Å². The minimum atomic E-state index is 0.0901. The van der Waals surface area contributed by atoms with Crippen LogP contribution in [0.4, 0.5) is 0 Å². The number of aromatic nitrogens is 3. The van der Waals surface area contributed by atoms with E-state index in [1.54, 1.807) is 5.56 Å². The number of nitrogens with zero attached hydrogens (tertiary/aromatic N) is 3. The third-order valence-electron chi connectivity index (χ3n) is 12.1. The van der Waals surface area contributed by atoms with Gasteiger partial charge in [0, 0.05) is 33.8 Å². The summed E-state index contributed by atoms with van der Waals surface area (Å²) in [6, 6.07) is 36.7. The van der Waals surface area contributed by atoms with Crippen molar-refractivity contribution in [3.05, 3.63) is 114 Å². The van der Waals surface area contributed by atoms with Gasteiger partial charge in [-0.1, -0.05) is 75.4 Å². The maximum Gasteiger partial charge on any atom is 0.139 e. The number of hydrogen-bond donors (Lipinski definition) is 0. The molecule has 228 valence electrons. The Kier molecular flexibility index (Phi) is 5.45. The van der Waals surface area contributed by atoms with Gasteiger partial charge >= 0.3 is 0 Å². The molecule has 0 amide bonds. The van der Waals surface area contributed by atoms with Gasteiger partial charge in [-0.3, -0.25) is 4.57 Å². The van der Waals surface area contributed by atoms with Crippen LogP contribution in [-0.4, -0.2) is 14.1 Å². The first-order chi connectivity index (χ1) is 22.3. The van der Waals surface area contributed by atoms with E-state index in [0.29, 0.717) is 5.41 Å². The molecule has 3 heterocycles. The van der Waals surface area contributed by atoms with Crippen LogP contribution < -0.4 is 0 Å². The van der Waals surface area contributed by atoms with Crippen molar-refractivity contribution in [3.63, 3.8) is 0 Å². The van der Waals surface area contributed by atoms with Crippen molar-refractivity contribution in [2.45, 2.75) is 70.1 Å². The SMILES string of the molecule is CC(C)(C)c1ccc2c(c1)c1ccccc1n2-c1ccnc(-n2c3ccccc3c3ccc(C45CC6CC(CC(C6)C4)C5)cc32)c1. The molecule has 0 saturated heterocycles. The summed E-state index contributed by atoms with van der Waals surface area (Å²) in [4.78, 5) is 5.07. The Balaban J connectivity index is 1.18. The van der Waals surface area contributed by atoms with Gasteiger partial charge in [-0.25, -0.2) is 4.98 Å². The Labute approximate surface area is 270 Å². The normalized spacial score (nSPS) is 24.2. The van der Waals surface area contributed by atoms with Crippen molar-refractivity contribution in [1.82, 2.24) is 14.1 Å². The molecular formula is C43H41N3. The molecule has 0 unspecified atom stereocenters. The molecule has 3 aromatic heterocycles. The molecule has 4 aliphatic rings. The first-order valence-corrected chi connectivity index (χ1v) is 17.4. The largest absolute Gasteiger partial charge is 0.309 e. The van der Waals surface area contributed by atoms with Gasteiger partial charge in [-0.15, -0.1) is 0 Å². The summed E-state index contributed by atoms with van der Waals surface area (Å²) >= 11 is 0. The van der Waals surface area contributed by atoms with Crippen LogP contribution in [0.2, 0.25) is 0 Å². The zero-order chi connectivity index (χ0) is 30.8. The standard InChI is InChI=1S/C43H41N3/c1-42(2,3)30-13-15-39-36(21-30)34-9-5-6-10-37(34)45(39)32-16-17-44-41(23-32)46-38-11-7-4-8-33(38)35-14-12-31(22-40(35)46)43-24-27-18-28(25-43)20-29(19-27)26-43/h4-17,21-23,27-29H,18-20,24-26H2,1-3H3. The predicted octanol–water partition coefficient (Wildman–Crippen LogP) is 11.0. The second kappa shape index (κ2) is 9.35.